The van der Waals surface area contributed by atoms with E-state index in [0.717, 1.165) is 23.8 Å². The summed E-state index contributed by atoms with van der Waals surface area (Å²) in [7, 11) is -4.16. The highest BCUT2D eigenvalue weighted by Gasteiger charge is 2.29. The lowest BCUT2D eigenvalue weighted by molar-refractivity contribution is -0.123. The summed E-state index contributed by atoms with van der Waals surface area (Å²) >= 11 is 12.4. The molecule has 2 amide bonds. The number of hydrazone groups is 1. The molecule has 4 rings (SSSR count). The molecule has 10 nitrogen and oxygen atoms in total. The fourth-order valence-electron chi connectivity index (χ4n) is 3.93. The number of rotatable bonds is 12. The average Bonchev–Trinajstić information content (AvgIpc) is 3.50. The van der Waals surface area contributed by atoms with Crippen molar-refractivity contribution in [2.24, 2.45) is 5.10 Å². The molecule has 3 aromatic rings. The minimum Gasteiger partial charge on any atom is -0.484 e. The molecule has 0 aliphatic carbocycles. The summed E-state index contributed by atoms with van der Waals surface area (Å²) in [6.45, 7) is 0.458. The Kier molecular flexibility index (Phi) is 10.6. The molecule has 216 valence electrons. The maximum absolute atomic E-state index is 13.4. The van der Waals surface area contributed by atoms with Crippen LogP contribution in [0.4, 0.5) is 5.69 Å². The van der Waals surface area contributed by atoms with E-state index in [1.54, 1.807) is 48.5 Å². The van der Waals surface area contributed by atoms with E-state index in [0.29, 0.717) is 17.9 Å². The second-order valence-electron chi connectivity index (χ2n) is 8.99. The minimum atomic E-state index is -4.16. The van der Waals surface area contributed by atoms with Crippen molar-refractivity contribution in [3.05, 3.63) is 88.4 Å². The normalized spacial score (nSPS) is 15.0. The molecule has 1 saturated heterocycles. The number of hydrogen-bond acceptors (Lipinski definition) is 7. The Morgan fingerprint density at radius 3 is 2.49 bits per heavy atom. The maximum atomic E-state index is 13.4. The molecule has 0 spiro atoms. The summed E-state index contributed by atoms with van der Waals surface area (Å²) in [5, 5.41) is 6.85. The quantitative estimate of drug-likeness (QED) is 0.233. The number of hydrogen-bond donors (Lipinski definition) is 2. The number of carbonyl (C=O) groups excluding carboxylic acids is 2. The van der Waals surface area contributed by atoms with Crippen LogP contribution in [0.15, 0.2) is 82.8 Å². The molecule has 1 heterocycles. The summed E-state index contributed by atoms with van der Waals surface area (Å²) < 4.78 is 38.7. The Labute approximate surface area is 248 Å². The van der Waals surface area contributed by atoms with Gasteiger partial charge in [-0.15, -0.1) is 0 Å². The lowest BCUT2D eigenvalue weighted by Gasteiger charge is -2.24. The monoisotopic (exact) mass is 618 g/mol. The molecular formula is C28H28Cl2N4O6S. The van der Waals surface area contributed by atoms with E-state index in [9.17, 15) is 18.0 Å². The first-order valence-electron chi connectivity index (χ1n) is 12.7. The Balaban J connectivity index is 1.34. The van der Waals surface area contributed by atoms with E-state index < -0.39 is 22.5 Å². The van der Waals surface area contributed by atoms with E-state index in [1.165, 1.54) is 30.5 Å². The third-order valence-electron chi connectivity index (χ3n) is 6.02. The van der Waals surface area contributed by atoms with Crippen molar-refractivity contribution in [2.75, 3.05) is 30.6 Å². The number of halogens is 2. The predicted octanol–water partition coefficient (Wildman–Crippen LogP) is 4.01. The van der Waals surface area contributed by atoms with Gasteiger partial charge < -0.3 is 14.8 Å². The fraction of sp³-hybridized carbons (Fsp3) is 0.250. The van der Waals surface area contributed by atoms with Crippen LogP contribution < -0.4 is 19.8 Å². The summed E-state index contributed by atoms with van der Waals surface area (Å²) in [5.74, 6) is -0.458. The molecule has 0 radical (unpaired) electrons. The zero-order valence-corrected chi connectivity index (χ0v) is 24.2. The van der Waals surface area contributed by atoms with Crippen LogP contribution in [0.25, 0.3) is 0 Å². The first-order chi connectivity index (χ1) is 19.7. The van der Waals surface area contributed by atoms with Crippen LogP contribution in [0, 0.1) is 0 Å². The van der Waals surface area contributed by atoms with E-state index in [-0.39, 0.29) is 39.2 Å². The highest BCUT2D eigenvalue weighted by atomic mass is 35.5. The molecule has 0 unspecified atom stereocenters. The van der Waals surface area contributed by atoms with Gasteiger partial charge in [-0.1, -0.05) is 47.5 Å². The van der Waals surface area contributed by atoms with Gasteiger partial charge in [0.2, 0.25) is 0 Å². The van der Waals surface area contributed by atoms with Crippen LogP contribution in [-0.4, -0.2) is 58.9 Å². The van der Waals surface area contributed by atoms with Crippen LogP contribution in [0.2, 0.25) is 10.0 Å². The molecular weight excluding hydrogens is 591 g/mol. The van der Waals surface area contributed by atoms with Crippen molar-refractivity contribution in [3.63, 3.8) is 0 Å². The van der Waals surface area contributed by atoms with Gasteiger partial charge in [0.25, 0.3) is 21.8 Å². The number of amides is 2. The van der Waals surface area contributed by atoms with Crippen LogP contribution in [0.3, 0.4) is 0 Å². The first-order valence-corrected chi connectivity index (χ1v) is 14.9. The lowest BCUT2D eigenvalue weighted by Crippen LogP contribution is -2.39. The van der Waals surface area contributed by atoms with Crippen molar-refractivity contribution in [3.8, 4) is 5.75 Å². The van der Waals surface area contributed by atoms with Gasteiger partial charge in [-0.2, -0.15) is 5.10 Å². The SMILES string of the molecule is O=C(COc1ccc(/C=N\NC(=O)CN(c2cccc(Cl)c2Cl)S(=O)(=O)c2ccccc2)cc1)NC[C@H]1CCCO1. The molecule has 3 aromatic carbocycles. The summed E-state index contributed by atoms with van der Waals surface area (Å²) in [6, 6.07) is 18.9. The van der Waals surface area contributed by atoms with Crippen molar-refractivity contribution >= 4 is 56.9 Å². The smallest absolute Gasteiger partial charge is 0.264 e. The van der Waals surface area contributed by atoms with Gasteiger partial charge in [-0.05, 0) is 66.9 Å². The highest BCUT2D eigenvalue weighted by molar-refractivity contribution is 7.92. The Bertz CT molecular complexity index is 1480. The maximum Gasteiger partial charge on any atom is 0.264 e. The van der Waals surface area contributed by atoms with Crippen molar-refractivity contribution in [1.29, 1.82) is 0 Å². The minimum absolute atomic E-state index is 0.00686. The topological polar surface area (TPSA) is 126 Å². The van der Waals surface area contributed by atoms with Gasteiger partial charge >= 0.3 is 0 Å². The van der Waals surface area contributed by atoms with E-state index in [2.05, 4.69) is 15.8 Å². The van der Waals surface area contributed by atoms with Crippen LogP contribution in [0.1, 0.15) is 18.4 Å². The van der Waals surface area contributed by atoms with Gasteiger partial charge in [-0.25, -0.2) is 13.8 Å². The molecule has 0 aromatic heterocycles. The van der Waals surface area contributed by atoms with Crippen molar-refractivity contribution in [1.82, 2.24) is 10.7 Å². The summed E-state index contributed by atoms with van der Waals surface area (Å²) in [5.41, 5.74) is 3.02. The second-order valence-corrected chi connectivity index (χ2v) is 11.6. The molecule has 1 atom stereocenters. The third kappa shape index (κ3) is 8.43. The number of nitrogens with zero attached hydrogens (tertiary/aromatic N) is 2. The zero-order chi connectivity index (χ0) is 29.2. The highest BCUT2D eigenvalue weighted by Crippen LogP contribution is 2.35. The third-order valence-corrected chi connectivity index (χ3v) is 8.60. The Hall–Kier alpha value is -3.64. The van der Waals surface area contributed by atoms with Gasteiger partial charge in [0.05, 0.1) is 32.9 Å². The van der Waals surface area contributed by atoms with Crippen molar-refractivity contribution in [2.45, 2.75) is 23.8 Å². The van der Waals surface area contributed by atoms with E-state index in [1.807, 2.05) is 0 Å². The molecule has 0 bridgehead atoms. The van der Waals surface area contributed by atoms with Crippen LogP contribution in [0.5, 0.6) is 5.75 Å². The summed E-state index contributed by atoms with van der Waals surface area (Å²) in [4.78, 5) is 24.7. The van der Waals surface area contributed by atoms with Gasteiger partial charge in [0.1, 0.15) is 12.3 Å². The van der Waals surface area contributed by atoms with Crippen molar-refractivity contribution < 1.29 is 27.5 Å². The average molecular weight is 620 g/mol. The van der Waals surface area contributed by atoms with Gasteiger partial charge in [0.15, 0.2) is 6.61 Å². The number of sulfonamides is 1. The number of carbonyl (C=O) groups is 2. The van der Waals surface area contributed by atoms with Crippen LogP contribution >= 0.6 is 23.2 Å². The first kappa shape index (κ1) is 30.3. The molecule has 1 fully saturated rings. The number of benzene rings is 3. The molecule has 0 saturated carbocycles. The molecule has 13 heteroatoms. The number of anilines is 1. The number of nitrogens with one attached hydrogen (secondary N) is 2. The molecule has 2 N–H and O–H groups in total. The second kappa shape index (κ2) is 14.3. The largest absolute Gasteiger partial charge is 0.484 e. The van der Waals surface area contributed by atoms with Gasteiger partial charge in [-0.3, -0.25) is 13.9 Å². The van der Waals surface area contributed by atoms with E-state index >= 15 is 0 Å². The van der Waals surface area contributed by atoms with Gasteiger partial charge in [0, 0.05) is 13.2 Å². The zero-order valence-electron chi connectivity index (χ0n) is 21.8. The summed E-state index contributed by atoms with van der Waals surface area (Å²) in [6.07, 6.45) is 3.39. The predicted molar refractivity (Wildman–Crippen MR) is 157 cm³/mol. The van der Waals surface area contributed by atoms with E-state index in [4.69, 9.17) is 32.7 Å². The Morgan fingerprint density at radius 2 is 1.78 bits per heavy atom. The number of ether oxygens (including phenoxy) is 2. The molecule has 1 aliphatic rings. The Morgan fingerprint density at radius 1 is 1.02 bits per heavy atom. The lowest BCUT2D eigenvalue weighted by atomic mass is 10.2. The molecule has 1 aliphatic heterocycles. The van der Waals surface area contributed by atoms with Crippen LogP contribution in [-0.2, 0) is 24.3 Å². The standard InChI is InChI=1S/C28H28Cl2N4O6S/c29-24-9-4-10-25(28(24)30)34(41(37,38)23-7-2-1-3-8-23)18-26(35)33-32-16-20-11-13-21(14-12-20)40-19-27(36)31-17-22-6-5-15-39-22/h1-4,7-14,16,22H,5-6,15,17-19H2,(H,31,36)(H,33,35)/b32-16-/t22-/m1/s1. The molecule has 41 heavy (non-hydrogen) atoms. The fourth-order valence-corrected chi connectivity index (χ4v) is 5.83.